The lowest BCUT2D eigenvalue weighted by Crippen LogP contribution is -2.24. The first-order valence-electron chi connectivity index (χ1n) is 9.20. The standard InChI is InChI=1S/C22H27BrO3/c1-4-5-6-15-25-19-11-7-17(8-12-19)18-9-13-20(14-10-18)26-22(24)21(23)16(2)3/h7-14,16,21H,4-6,15H2,1-3H3. The summed E-state index contributed by atoms with van der Waals surface area (Å²) >= 11 is 3.36. The molecule has 0 radical (unpaired) electrons. The van der Waals surface area contributed by atoms with E-state index in [0.717, 1.165) is 29.9 Å². The first kappa shape index (κ1) is 20.5. The molecule has 1 atom stereocenters. The van der Waals surface area contributed by atoms with Gasteiger partial charge in [-0.25, -0.2) is 0 Å². The van der Waals surface area contributed by atoms with Gasteiger partial charge in [-0.15, -0.1) is 0 Å². The van der Waals surface area contributed by atoms with E-state index in [0.29, 0.717) is 5.75 Å². The maximum atomic E-state index is 12.0. The summed E-state index contributed by atoms with van der Waals surface area (Å²) in [6, 6.07) is 15.6. The summed E-state index contributed by atoms with van der Waals surface area (Å²) in [4.78, 5) is 11.7. The Balaban J connectivity index is 1.94. The van der Waals surface area contributed by atoms with E-state index in [1.54, 1.807) is 0 Å². The third-order valence-corrected chi connectivity index (χ3v) is 5.52. The van der Waals surface area contributed by atoms with Crippen molar-refractivity contribution in [3.63, 3.8) is 0 Å². The highest BCUT2D eigenvalue weighted by atomic mass is 79.9. The molecule has 0 saturated heterocycles. The van der Waals surface area contributed by atoms with E-state index in [9.17, 15) is 4.79 Å². The van der Waals surface area contributed by atoms with Gasteiger partial charge in [-0.2, -0.15) is 0 Å². The second-order valence-electron chi connectivity index (χ2n) is 6.67. The lowest BCUT2D eigenvalue weighted by atomic mass is 10.1. The lowest BCUT2D eigenvalue weighted by molar-refractivity contribution is -0.134. The fourth-order valence-electron chi connectivity index (χ4n) is 2.45. The molecule has 2 aromatic carbocycles. The highest BCUT2D eigenvalue weighted by Crippen LogP contribution is 2.25. The fraction of sp³-hybridized carbons (Fsp3) is 0.409. The van der Waals surface area contributed by atoms with Crippen LogP contribution in [0.15, 0.2) is 48.5 Å². The number of hydrogen-bond acceptors (Lipinski definition) is 3. The van der Waals surface area contributed by atoms with Gasteiger partial charge in [0.1, 0.15) is 16.3 Å². The van der Waals surface area contributed by atoms with Crippen LogP contribution in [0, 0.1) is 5.92 Å². The van der Waals surface area contributed by atoms with Gasteiger partial charge in [-0.3, -0.25) is 4.79 Å². The molecular weight excluding hydrogens is 392 g/mol. The molecule has 0 amide bonds. The van der Waals surface area contributed by atoms with Gasteiger partial charge in [0, 0.05) is 0 Å². The van der Waals surface area contributed by atoms with Crippen molar-refractivity contribution in [2.45, 2.75) is 44.9 Å². The molecule has 0 N–H and O–H groups in total. The zero-order chi connectivity index (χ0) is 18.9. The van der Waals surface area contributed by atoms with Crippen molar-refractivity contribution in [3.05, 3.63) is 48.5 Å². The van der Waals surface area contributed by atoms with E-state index >= 15 is 0 Å². The van der Waals surface area contributed by atoms with Crippen molar-refractivity contribution < 1.29 is 14.3 Å². The minimum absolute atomic E-state index is 0.185. The molecule has 0 heterocycles. The van der Waals surface area contributed by atoms with Crippen LogP contribution < -0.4 is 9.47 Å². The molecule has 2 rings (SSSR count). The Morgan fingerprint density at radius 1 is 0.923 bits per heavy atom. The number of benzene rings is 2. The van der Waals surface area contributed by atoms with Gasteiger partial charge in [-0.05, 0) is 47.7 Å². The molecule has 0 aromatic heterocycles. The van der Waals surface area contributed by atoms with Crippen molar-refractivity contribution in [3.8, 4) is 22.6 Å². The number of unbranched alkanes of at least 4 members (excludes halogenated alkanes) is 2. The molecule has 1 unspecified atom stereocenters. The molecule has 0 aliphatic carbocycles. The molecule has 0 saturated carbocycles. The molecule has 4 heteroatoms. The van der Waals surface area contributed by atoms with Gasteiger partial charge in [0.25, 0.3) is 0 Å². The quantitative estimate of drug-likeness (QED) is 0.209. The molecule has 26 heavy (non-hydrogen) atoms. The number of ether oxygens (including phenoxy) is 2. The Morgan fingerprint density at radius 2 is 1.46 bits per heavy atom. The van der Waals surface area contributed by atoms with E-state index in [2.05, 4.69) is 22.9 Å². The van der Waals surface area contributed by atoms with Crippen molar-refractivity contribution in [2.24, 2.45) is 5.92 Å². The van der Waals surface area contributed by atoms with Crippen LogP contribution in [-0.2, 0) is 4.79 Å². The largest absolute Gasteiger partial charge is 0.494 e. The Morgan fingerprint density at radius 3 is 1.96 bits per heavy atom. The van der Waals surface area contributed by atoms with E-state index < -0.39 is 0 Å². The second-order valence-corrected chi connectivity index (χ2v) is 7.66. The normalized spacial score (nSPS) is 12.0. The number of esters is 1. The maximum Gasteiger partial charge on any atom is 0.325 e. The van der Waals surface area contributed by atoms with Crippen LogP contribution in [0.2, 0.25) is 0 Å². The number of rotatable bonds is 9. The summed E-state index contributed by atoms with van der Waals surface area (Å²) in [6.45, 7) is 6.89. The highest BCUT2D eigenvalue weighted by Gasteiger charge is 2.20. The summed E-state index contributed by atoms with van der Waals surface area (Å²) in [5.74, 6) is 1.37. The third-order valence-electron chi connectivity index (χ3n) is 4.09. The number of alkyl halides is 1. The zero-order valence-electron chi connectivity index (χ0n) is 15.7. The fourth-order valence-corrected chi connectivity index (χ4v) is 2.54. The zero-order valence-corrected chi connectivity index (χ0v) is 17.3. The molecule has 140 valence electrons. The molecule has 2 aromatic rings. The summed E-state index contributed by atoms with van der Waals surface area (Å²) in [7, 11) is 0. The first-order chi connectivity index (χ1) is 12.5. The Bertz CT molecular complexity index is 678. The van der Waals surface area contributed by atoms with Crippen molar-refractivity contribution in [1.82, 2.24) is 0 Å². The van der Waals surface area contributed by atoms with Crippen LogP contribution in [0.25, 0.3) is 11.1 Å². The van der Waals surface area contributed by atoms with Gasteiger partial charge in [0.15, 0.2) is 0 Å². The van der Waals surface area contributed by atoms with Crippen LogP contribution in [0.4, 0.5) is 0 Å². The number of carbonyl (C=O) groups is 1. The summed E-state index contributed by atoms with van der Waals surface area (Å²) in [6.07, 6.45) is 3.48. The minimum atomic E-state index is -0.299. The monoisotopic (exact) mass is 418 g/mol. The molecule has 0 spiro atoms. The van der Waals surface area contributed by atoms with Crippen LogP contribution in [0.5, 0.6) is 11.5 Å². The van der Waals surface area contributed by atoms with Gasteiger partial charge in [0.05, 0.1) is 6.61 Å². The lowest BCUT2D eigenvalue weighted by Gasteiger charge is -2.13. The SMILES string of the molecule is CCCCCOc1ccc(-c2ccc(OC(=O)C(Br)C(C)C)cc2)cc1. The summed E-state index contributed by atoms with van der Waals surface area (Å²) < 4.78 is 11.1. The Kier molecular flexibility index (Phi) is 8.17. The molecule has 3 nitrogen and oxygen atoms in total. The second kappa shape index (κ2) is 10.4. The predicted octanol–water partition coefficient (Wildman–Crippen LogP) is 6.25. The number of halogens is 1. The number of hydrogen-bond donors (Lipinski definition) is 0. The average Bonchev–Trinajstić information content (AvgIpc) is 2.65. The van der Waals surface area contributed by atoms with Crippen LogP contribution in [0.3, 0.4) is 0 Å². The third kappa shape index (κ3) is 6.17. The molecule has 0 fully saturated rings. The first-order valence-corrected chi connectivity index (χ1v) is 10.1. The van der Waals surface area contributed by atoms with Gasteiger partial charge < -0.3 is 9.47 Å². The smallest absolute Gasteiger partial charge is 0.325 e. The van der Waals surface area contributed by atoms with Crippen LogP contribution >= 0.6 is 15.9 Å². The van der Waals surface area contributed by atoms with Gasteiger partial charge >= 0.3 is 5.97 Å². The van der Waals surface area contributed by atoms with E-state index in [-0.39, 0.29) is 16.7 Å². The van der Waals surface area contributed by atoms with E-state index in [1.807, 2.05) is 62.4 Å². The maximum absolute atomic E-state index is 12.0. The summed E-state index contributed by atoms with van der Waals surface area (Å²) in [5, 5.41) is 0. The molecule has 0 aliphatic heterocycles. The molecular formula is C22H27BrO3. The van der Waals surface area contributed by atoms with E-state index in [1.165, 1.54) is 12.8 Å². The predicted molar refractivity (Wildman–Crippen MR) is 110 cm³/mol. The van der Waals surface area contributed by atoms with Crippen LogP contribution in [0.1, 0.15) is 40.0 Å². The minimum Gasteiger partial charge on any atom is -0.494 e. The van der Waals surface area contributed by atoms with Crippen molar-refractivity contribution in [2.75, 3.05) is 6.61 Å². The average molecular weight is 419 g/mol. The van der Waals surface area contributed by atoms with Crippen LogP contribution in [-0.4, -0.2) is 17.4 Å². The van der Waals surface area contributed by atoms with Crippen molar-refractivity contribution >= 4 is 21.9 Å². The molecule has 0 bridgehead atoms. The van der Waals surface area contributed by atoms with Gasteiger partial charge in [-0.1, -0.05) is 73.8 Å². The van der Waals surface area contributed by atoms with Crippen molar-refractivity contribution in [1.29, 1.82) is 0 Å². The molecule has 0 aliphatic rings. The Hall–Kier alpha value is -1.81. The Labute approximate surface area is 164 Å². The number of carbonyl (C=O) groups excluding carboxylic acids is 1. The highest BCUT2D eigenvalue weighted by molar-refractivity contribution is 9.10. The summed E-state index contributed by atoms with van der Waals surface area (Å²) in [5.41, 5.74) is 2.17. The topological polar surface area (TPSA) is 35.5 Å². The van der Waals surface area contributed by atoms with E-state index in [4.69, 9.17) is 9.47 Å². The van der Waals surface area contributed by atoms with Gasteiger partial charge in [0.2, 0.25) is 0 Å².